The Hall–Kier alpha value is -2.30. The normalized spacial score (nSPS) is 10.1. The lowest BCUT2D eigenvalue weighted by molar-refractivity contribution is 0.340. The number of hydrogen-bond acceptors (Lipinski definition) is 5. The van der Waals surface area contributed by atoms with Crippen molar-refractivity contribution < 1.29 is 4.74 Å². The van der Waals surface area contributed by atoms with E-state index in [-0.39, 0.29) is 5.95 Å². The van der Waals surface area contributed by atoms with Crippen LogP contribution in [0.2, 0.25) is 0 Å². The van der Waals surface area contributed by atoms with Crippen LogP contribution in [0.15, 0.2) is 36.5 Å². The number of ether oxygens (including phenoxy) is 1. The summed E-state index contributed by atoms with van der Waals surface area (Å²) in [6, 6.07) is 9.72. The predicted octanol–water partition coefficient (Wildman–Crippen LogP) is 2.07. The largest absolute Gasteiger partial charge is 0.494 e. The number of aromatic nitrogens is 2. The summed E-state index contributed by atoms with van der Waals surface area (Å²) < 4.78 is 5.44. The fourth-order valence-corrected chi connectivity index (χ4v) is 1.58. The van der Waals surface area contributed by atoms with Crippen LogP contribution in [-0.2, 0) is 6.54 Å². The SMILES string of the molecule is CCOc1cccc(CNc2ccnc(N)n2)c1. The van der Waals surface area contributed by atoms with Gasteiger partial charge in [0, 0.05) is 12.7 Å². The molecule has 1 heterocycles. The highest BCUT2D eigenvalue weighted by Crippen LogP contribution is 2.14. The quantitative estimate of drug-likeness (QED) is 0.842. The molecule has 0 aliphatic carbocycles. The molecule has 1 aromatic carbocycles. The highest BCUT2D eigenvalue weighted by Gasteiger charge is 1.98. The van der Waals surface area contributed by atoms with Crippen molar-refractivity contribution in [2.45, 2.75) is 13.5 Å². The minimum absolute atomic E-state index is 0.267. The summed E-state index contributed by atoms with van der Waals surface area (Å²) in [4.78, 5) is 7.91. The monoisotopic (exact) mass is 244 g/mol. The van der Waals surface area contributed by atoms with Gasteiger partial charge in [0.25, 0.3) is 0 Å². The number of nitrogens with two attached hydrogens (primary N) is 1. The van der Waals surface area contributed by atoms with Gasteiger partial charge in [-0.05, 0) is 30.7 Å². The first-order chi connectivity index (χ1) is 8.78. The van der Waals surface area contributed by atoms with Gasteiger partial charge in [-0.25, -0.2) is 4.98 Å². The van der Waals surface area contributed by atoms with Gasteiger partial charge >= 0.3 is 0 Å². The molecule has 0 aliphatic rings. The molecule has 18 heavy (non-hydrogen) atoms. The molecule has 0 spiro atoms. The number of nitrogens with one attached hydrogen (secondary N) is 1. The second-order valence-electron chi connectivity index (χ2n) is 3.73. The van der Waals surface area contributed by atoms with E-state index in [4.69, 9.17) is 10.5 Å². The van der Waals surface area contributed by atoms with E-state index in [0.717, 1.165) is 11.3 Å². The van der Waals surface area contributed by atoms with E-state index in [9.17, 15) is 0 Å². The Morgan fingerprint density at radius 2 is 2.22 bits per heavy atom. The molecule has 0 aliphatic heterocycles. The minimum Gasteiger partial charge on any atom is -0.494 e. The Kier molecular flexibility index (Phi) is 3.96. The number of nitrogen functional groups attached to an aromatic ring is 1. The maximum absolute atomic E-state index is 5.51. The van der Waals surface area contributed by atoms with Crippen LogP contribution in [0, 0.1) is 0 Å². The molecule has 0 amide bonds. The average molecular weight is 244 g/mol. The summed E-state index contributed by atoms with van der Waals surface area (Å²) in [5, 5.41) is 3.18. The van der Waals surface area contributed by atoms with Gasteiger partial charge in [-0.15, -0.1) is 0 Å². The van der Waals surface area contributed by atoms with E-state index in [0.29, 0.717) is 19.0 Å². The summed E-state index contributed by atoms with van der Waals surface area (Å²) in [6.45, 7) is 3.30. The van der Waals surface area contributed by atoms with Gasteiger partial charge in [0.2, 0.25) is 5.95 Å². The van der Waals surface area contributed by atoms with Crippen LogP contribution in [0.25, 0.3) is 0 Å². The first kappa shape index (κ1) is 12.2. The van der Waals surface area contributed by atoms with E-state index in [1.807, 2.05) is 31.2 Å². The lowest BCUT2D eigenvalue weighted by Gasteiger charge is -2.08. The number of rotatable bonds is 5. The fourth-order valence-electron chi connectivity index (χ4n) is 1.58. The van der Waals surface area contributed by atoms with Gasteiger partial charge in [-0.1, -0.05) is 12.1 Å². The lowest BCUT2D eigenvalue weighted by Crippen LogP contribution is -2.04. The van der Waals surface area contributed by atoms with Crippen molar-refractivity contribution in [3.05, 3.63) is 42.1 Å². The molecule has 0 fully saturated rings. The van der Waals surface area contributed by atoms with E-state index in [1.165, 1.54) is 0 Å². The van der Waals surface area contributed by atoms with Crippen LogP contribution in [0.5, 0.6) is 5.75 Å². The van der Waals surface area contributed by atoms with Crippen LogP contribution in [-0.4, -0.2) is 16.6 Å². The molecule has 2 rings (SSSR count). The van der Waals surface area contributed by atoms with Gasteiger partial charge in [0.15, 0.2) is 0 Å². The van der Waals surface area contributed by atoms with Crippen LogP contribution in [0.1, 0.15) is 12.5 Å². The smallest absolute Gasteiger partial charge is 0.221 e. The predicted molar refractivity (Wildman–Crippen MR) is 71.4 cm³/mol. The van der Waals surface area contributed by atoms with Crippen molar-refractivity contribution in [2.75, 3.05) is 17.7 Å². The van der Waals surface area contributed by atoms with Crippen molar-refractivity contribution in [1.29, 1.82) is 0 Å². The van der Waals surface area contributed by atoms with Crippen molar-refractivity contribution in [2.24, 2.45) is 0 Å². The molecule has 3 N–H and O–H groups in total. The minimum atomic E-state index is 0.267. The van der Waals surface area contributed by atoms with Crippen molar-refractivity contribution in [1.82, 2.24) is 9.97 Å². The molecule has 0 unspecified atom stereocenters. The topological polar surface area (TPSA) is 73.1 Å². The van der Waals surface area contributed by atoms with Crippen molar-refractivity contribution in [3.63, 3.8) is 0 Å². The lowest BCUT2D eigenvalue weighted by atomic mass is 10.2. The molecule has 0 saturated heterocycles. The number of benzene rings is 1. The molecule has 1 aromatic heterocycles. The van der Waals surface area contributed by atoms with E-state index < -0.39 is 0 Å². The van der Waals surface area contributed by atoms with Gasteiger partial charge in [-0.3, -0.25) is 0 Å². The third-order valence-electron chi connectivity index (χ3n) is 2.36. The Balaban J connectivity index is 1.99. The van der Waals surface area contributed by atoms with Crippen molar-refractivity contribution in [3.8, 4) is 5.75 Å². The molecule has 0 saturated carbocycles. The standard InChI is InChI=1S/C13H16N4O/c1-2-18-11-5-3-4-10(8-11)9-16-12-6-7-15-13(14)17-12/h3-8H,2,9H2,1H3,(H3,14,15,16,17). The van der Waals surface area contributed by atoms with Gasteiger partial charge < -0.3 is 15.8 Å². The summed E-state index contributed by atoms with van der Waals surface area (Å²) in [5.74, 6) is 1.85. The highest BCUT2D eigenvalue weighted by molar-refractivity contribution is 5.39. The van der Waals surface area contributed by atoms with E-state index in [2.05, 4.69) is 15.3 Å². The molecule has 0 radical (unpaired) electrons. The third-order valence-corrected chi connectivity index (χ3v) is 2.36. The Morgan fingerprint density at radius 3 is 3.00 bits per heavy atom. The summed E-state index contributed by atoms with van der Waals surface area (Å²) in [5.41, 5.74) is 6.63. The summed E-state index contributed by atoms with van der Waals surface area (Å²) >= 11 is 0. The molecular formula is C13H16N4O. The van der Waals surface area contributed by atoms with Crippen LogP contribution < -0.4 is 15.8 Å². The Bertz CT molecular complexity index is 516. The van der Waals surface area contributed by atoms with E-state index >= 15 is 0 Å². The first-order valence-electron chi connectivity index (χ1n) is 5.82. The van der Waals surface area contributed by atoms with Crippen molar-refractivity contribution >= 4 is 11.8 Å². The average Bonchev–Trinajstić information content (AvgIpc) is 2.37. The van der Waals surface area contributed by atoms with Crippen LogP contribution >= 0.6 is 0 Å². The number of nitrogens with zero attached hydrogens (tertiary/aromatic N) is 2. The van der Waals surface area contributed by atoms with Crippen LogP contribution in [0.4, 0.5) is 11.8 Å². The van der Waals surface area contributed by atoms with Gasteiger partial charge in [-0.2, -0.15) is 4.98 Å². The second-order valence-corrected chi connectivity index (χ2v) is 3.73. The Morgan fingerprint density at radius 1 is 1.33 bits per heavy atom. The molecule has 0 atom stereocenters. The molecule has 94 valence electrons. The Labute approximate surface area is 106 Å². The second kappa shape index (κ2) is 5.86. The fraction of sp³-hybridized carbons (Fsp3) is 0.231. The zero-order valence-corrected chi connectivity index (χ0v) is 10.3. The number of hydrogen-bond donors (Lipinski definition) is 2. The van der Waals surface area contributed by atoms with Gasteiger partial charge in [0.1, 0.15) is 11.6 Å². The molecule has 0 bridgehead atoms. The summed E-state index contributed by atoms with van der Waals surface area (Å²) in [6.07, 6.45) is 1.63. The maximum atomic E-state index is 5.51. The number of anilines is 2. The molecule has 2 aromatic rings. The highest BCUT2D eigenvalue weighted by atomic mass is 16.5. The molecule has 5 nitrogen and oxygen atoms in total. The first-order valence-corrected chi connectivity index (χ1v) is 5.82. The zero-order valence-electron chi connectivity index (χ0n) is 10.3. The zero-order chi connectivity index (χ0) is 12.8. The van der Waals surface area contributed by atoms with Gasteiger partial charge in [0.05, 0.1) is 6.61 Å². The third kappa shape index (κ3) is 3.35. The molecule has 5 heteroatoms. The molecular weight excluding hydrogens is 228 g/mol. The maximum Gasteiger partial charge on any atom is 0.221 e. The van der Waals surface area contributed by atoms with E-state index in [1.54, 1.807) is 12.3 Å². The van der Waals surface area contributed by atoms with Crippen LogP contribution in [0.3, 0.4) is 0 Å². The summed E-state index contributed by atoms with van der Waals surface area (Å²) in [7, 11) is 0.